The number of aryl methyl sites for hydroxylation is 1. The number of carbonyl (C=O) groups excluding carboxylic acids is 1. The Morgan fingerprint density at radius 1 is 1.43 bits per heavy atom. The van der Waals surface area contributed by atoms with E-state index >= 15 is 0 Å². The van der Waals surface area contributed by atoms with Crippen molar-refractivity contribution in [2.45, 2.75) is 19.0 Å². The molecule has 1 aromatic heterocycles. The lowest BCUT2D eigenvalue weighted by Gasteiger charge is -2.17. The van der Waals surface area contributed by atoms with Gasteiger partial charge in [0.2, 0.25) is 11.8 Å². The van der Waals surface area contributed by atoms with Crippen LogP contribution in [-0.4, -0.2) is 38.9 Å². The summed E-state index contributed by atoms with van der Waals surface area (Å²) in [5.41, 5.74) is -0.398. The summed E-state index contributed by atoms with van der Waals surface area (Å²) in [6.45, 7) is 0.711. The smallest absolute Gasteiger partial charge is 0.291 e. The third-order valence-electron chi connectivity index (χ3n) is 3.54. The van der Waals surface area contributed by atoms with Crippen molar-refractivity contribution >= 4 is 11.9 Å². The molecule has 0 saturated heterocycles. The van der Waals surface area contributed by atoms with Crippen LogP contribution >= 0.6 is 0 Å². The van der Waals surface area contributed by atoms with Crippen molar-refractivity contribution in [2.75, 3.05) is 18.5 Å². The van der Waals surface area contributed by atoms with Crippen LogP contribution in [0, 0.1) is 11.6 Å². The average Bonchev–Trinajstić information content (AvgIpc) is 2.97. The summed E-state index contributed by atoms with van der Waals surface area (Å²) in [5, 5.41) is 18.8. The van der Waals surface area contributed by atoms with Gasteiger partial charge in [0.1, 0.15) is 11.6 Å². The van der Waals surface area contributed by atoms with E-state index in [1.165, 1.54) is 6.07 Å². The van der Waals surface area contributed by atoms with Crippen molar-refractivity contribution in [3.05, 3.63) is 41.2 Å². The number of rotatable bonds is 4. The van der Waals surface area contributed by atoms with Gasteiger partial charge in [0.25, 0.3) is 5.91 Å². The van der Waals surface area contributed by atoms with Crippen molar-refractivity contribution in [3.8, 4) is 0 Å². The number of aliphatic hydroxyl groups is 1. The molecular weight excluding hydrogens is 308 g/mol. The molecule has 1 aliphatic rings. The zero-order chi connectivity index (χ0) is 16.4. The maximum atomic E-state index is 13.8. The molecule has 0 aliphatic carbocycles. The van der Waals surface area contributed by atoms with Gasteiger partial charge >= 0.3 is 0 Å². The molecule has 0 fully saturated rings. The van der Waals surface area contributed by atoms with E-state index in [1.807, 2.05) is 0 Å². The number of nitrogens with zero attached hydrogens (tertiary/aromatic N) is 3. The highest BCUT2D eigenvalue weighted by atomic mass is 19.1. The van der Waals surface area contributed by atoms with E-state index in [0.717, 1.165) is 25.1 Å². The summed E-state index contributed by atoms with van der Waals surface area (Å²) in [5.74, 6) is -2.05. The highest BCUT2D eigenvalue weighted by Gasteiger charge is 2.25. The molecule has 0 bridgehead atoms. The normalized spacial score (nSPS) is 14.7. The van der Waals surface area contributed by atoms with Crippen molar-refractivity contribution in [1.82, 2.24) is 20.1 Å². The van der Waals surface area contributed by atoms with Crippen LogP contribution in [0.3, 0.4) is 0 Å². The monoisotopic (exact) mass is 323 g/mol. The first-order chi connectivity index (χ1) is 11.1. The van der Waals surface area contributed by atoms with Gasteiger partial charge in [0.15, 0.2) is 0 Å². The van der Waals surface area contributed by atoms with E-state index in [2.05, 4.69) is 20.7 Å². The highest BCUT2D eigenvalue weighted by Crippen LogP contribution is 2.21. The lowest BCUT2D eigenvalue weighted by atomic mass is 10.1. The highest BCUT2D eigenvalue weighted by molar-refractivity contribution is 5.91. The Bertz CT molecular complexity index is 690. The van der Waals surface area contributed by atoms with Gasteiger partial charge in [-0.15, -0.1) is 5.10 Å². The Hall–Kier alpha value is -2.55. The van der Waals surface area contributed by atoms with Crippen molar-refractivity contribution in [3.63, 3.8) is 0 Å². The van der Waals surface area contributed by atoms with Crippen LogP contribution in [0.25, 0.3) is 0 Å². The number of halogens is 2. The number of carbonyl (C=O) groups is 1. The number of aromatic nitrogens is 3. The molecular formula is C14H15F2N5O2. The van der Waals surface area contributed by atoms with Crippen LogP contribution in [0.1, 0.15) is 28.6 Å². The molecule has 9 heteroatoms. The third kappa shape index (κ3) is 3.00. The van der Waals surface area contributed by atoms with Gasteiger partial charge in [-0.05, 0) is 18.6 Å². The van der Waals surface area contributed by atoms with Gasteiger partial charge in [-0.2, -0.15) is 4.98 Å². The first-order valence-electron chi connectivity index (χ1n) is 7.14. The molecule has 0 saturated carbocycles. The molecule has 0 radical (unpaired) electrons. The predicted octanol–water partition coefficient (Wildman–Crippen LogP) is 0.835. The van der Waals surface area contributed by atoms with Crippen molar-refractivity contribution in [2.24, 2.45) is 0 Å². The van der Waals surface area contributed by atoms with E-state index in [4.69, 9.17) is 0 Å². The number of hydrogen-bond acceptors (Lipinski definition) is 5. The summed E-state index contributed by atoms with van der Waals surface area (Å²) in [4.78, 5) is 16.2. The van der Waals surface area contributed by atoms with Gasteiger partial charge in [-0.25, -0.2) is 13.5 Å². The number of amides is 1. The fourth-order valence-corrected chi connectivity index (χ4v) is 2.43. The Balaban J connectivity index is 1.81. The van der Waals surface area contributed by atoms with Crippen LogP contribution in [0.5, 0.6) is 0 Å². The first kappa shape index (κ1) is 15.3. The predicted molar refractivity (Wildman–Crippen MR) is 76.8 cm³/mol. The fourth-order valence-electron chi connectivity index (χ4n) is 2.43. The number of fused-ring (bicyclic) bond motifs is 1. The molecule has 1 aliphatic heterocycles. The fraction of sp³-hybridized carbons (Fsp3) is 0.357. The zero-order valence-electron chi connectivity index (χ0n) is 12.1. The average molecular weight is 323 g/mol. The van der Waals surface area contributed by atoms with Crippen LogP contribution in [-0.2, 0) is 6.54 Å². The summed E-state index contributed by atoms with van der Waals surface area (Å²) in [6, 6.07) is 2.11. The van der Waals surface area contributed by atoms with Gasteiger partial charge in [0, 0.05) is 18.7 Å². The minimum atomic E-state index is -1.22. The molecule has 23 heavy (non-hydrogen) atoms. The van der Waals surface area contributed by atoms with Gasteiger partial charge in [-0.1, -0.05) is 6.07 Å². The zero-order valence-corrected chi connectivity index (χ0v) is 12.1. The molecule has 2 aromatic rings. The molecule has 1 aromatic carbocycles. The van der Waals surface area contributed by atoms with Gasteiger partial charge < -0.3 is 15.7 Å². The SMILES string of the molecule is O=C(NC(CO)c1c(F)cccc1F)c1nc2n(n1)CCCN2. The molecule has 1 unspecified atom stereocenters. The second kappa shape index (κ2) is 6.29. The maximum absolute atomic E-state index is 13.8. The molecule has 1 amide bonds. The van der Waals surface area contributed by atoms with Crippen LogP contribution in [0.4, 0.5) is 14.7 Å². The summed E-state index contributed by atoms with van der Waals surface area (Å²) >= 11 is 0. The molecule has 1 atom stereocenters. The molecule has 7 nitrogen and oxygen atoms in total. The first-order valence-corrected chi connectivity index (χ1v) is 7.14. The largest absolute Gasteiger partial charge is 0.394 e. The Labute approximate surface area is 130 Å². The summed E-state index contributed by atoms with van der Waals surface area (Å²) in [7, 11) is 0. The van der Waals surface area contributed by atoms with E-state index in [-0.39, 0.29) is 5.82 Å². The second-order valence-electron chi connectivity index (χ2n) is 5.11. The number of benzene rings is 1. The van der Waals surface area contributed by atoms with Crippen LogP contribution in [0.2, 0.25) is 0 Å². The maximum Gasteiger partial charge on any atom is 0.291 e. The standard InChI is InChI=1S/C14H15F2N5O2/c15-8-3-1-4-9(16)11(8)10(7-22)18-13(23)12-19-14-17-5-2-6-21(14)20-12/h1,3-4,10,22H,2,5-7H2,(H,18,23)(H,17,19,20). The molecule has 3 N–H and O–H groups in total. The van der Waals surface area contributed by atoms with Gasteiger partial charge in [-0.3, -0.25) is 4.79 Å². The Kier molecular flexibility index (Phi) is 4.20. The number of aliphatic hydroxyl groups excluding tert-OH is 1. The lowest BCUT2D eigenvalue weighted by Crippen LogP contribution is -2.33. The quantitative estimate of drug-likeness (QED) is 0.775. The number of nitrogens with one attached hydrogen (secondary N) is 2. The van der Waals surface area contributed by atoms with Crippen molar-refractivity contribution < 1.29 is 18.7 Å². The Morgan fingerprint density at radius 2 is 2.17 bits per heavy atom. The van der Waals surface area contributed by atoms with Gasteiger partial charge in [0.05, 0.1) is 12.6 Å². The molecule has 2 heterocycles. The lowest BCUT2D eigenvalue weighted by molar-refractivity contribution is 0.0903. The third-order valence-corrected chi connectivity index (χ3v) is 3.54. The second-order valence-corrected chi connectivity index (χ2v) is 5.11. The van der Waals surface area contributed by atoms with E-state index < -0.39 is 35.8 Å². The molecule has 3 rings (SSSR count). The van der Waals surface area contributed by atoms with Crippen LogP contribution < -0.4 is 10.6 Å². The minimum absolute atomic E-state index is 0.121. The summed E-state index contributed by atoms with van der Waals surface area (Å²) < 4.78 is 29.1. The van der Waals surface area contributed by atoms with Crippen LogP contribution in [0.15, 0.2) is 18.2 Å². The Morgan fingerprint density at radius 3 is 2.83 bits per heavy atom. The molecule has 122 valence electrons. The number of anilines is 1. The van der Waals surface area contributed by atoms with E-state index in [1.54, 1.807) is 4.68 Å². The van der Waals surface area contributed by atoms with E-state index in [0.29, 0.717) is 12.5 Å². The minimum Gasteiger partial charge on any atom is -0.394 e. The summed E-state index contributed by atoms with van der Waals surface area (Å²) in [6.07, 6.45) is 0.858. The number of hydrogen-bond donors (Lipinski definition) is 3. The molecule has 0 spiro atoms. The van der Waals surface area contributed by atoms with Crippen molar-refractivity contribution in [1.29, 1.82) is 0 Å². The van der Waals surface area contributed by atoms with E-state index in [9.17, 15) is 18.7 Å². The topological polar surface area (TPSA) is 92.1 Å².